The van der Waals surface area contributed by atoms with E-state index in [1.165, 1.54) is 0 Å². The lowest BCUT2D eigenvalue weighted by atomic mass is 10.2. The highest BCUT2D eigenvalue weighted by Crippen LogP contribution is 2.08. The molecule has 1 aromatic rings. The summed E-state index contributed by atoms with van der Waals surface area (Å²) in [6.45, 7) is 11.8. The molecular formula is C25H42O9. The quantitative estimate of drug-likeness (QED) is 0.181. The van der Waals surface area contributed by atoms with Crippen molar-refractivity contribution in [3.8, 4) is 5.75 Å². The van der Waals surface area contributed by atoms with E-state index in [1.54, 1.807) is 0 Å². The Morgan fingerprint density at radius 3 is 1.38 bits per heavy atom. The molecule has 0 fully saturated rings. The van der Waals surface area contributed by atoms with Gasteiger partial charge in [-0.05, 0) is 32.9 Å². The van der Waals surface area contributed by atoms with E-state index in [1.807, 2.05) is 51.1 Å². The second-order valence-corrected chi connectivity index (χ2v) is 8.17. The molecule has 0 aliphatic rings. The molecule has 0 unspecified atom stereocenters. The van der Waals surface area contributed by atoms with Gasteiger partial charge in [0.25, 0.3) is 0 Å². The van der Waals surface area contributed by atoms with Crippen molar-refractivity contribution in [1.29, 1.82) is 0 Å². The standard InChI is InChI=1S/C25H42O9/c1-25(2,3)34-24(26)9-10-27-11-12-28-13-14-29-15-16-30-17-18-31-19-20-32-21-22-33-23-7-5-4-6-8-23/h4-8H,9-22H2,1-3H3. The predicted octanol–water partition coefficient (Wildman–Crippen LogP) is 2.90. The van der Waals surface area contributed by atoms with Gasteiger partial charge < -0.3 is 37.9 Å². The second-order valence-electron chi connectivity index (χ2n) is 8.17. The number of hydrogen-bond acceptors (Lipinski definition) is 9. The molecule has 0 amide bonds. The maximum absolute atomic E-state index is 11.5. The van der Waals surface area contributed by atoms with Crippen LogP contribution in [-0.2, 0) is 38.0 Å². The number of hydrogen-bond donors (Lipinski definition) is 0. The van der Waals surface area contributed by atoms with Gasteiger partial charge in [-0.15, -0.1) is 0 Å². The van der Waals surface area contributed by atoms with E-state index in [0.29, 0.717) is 85.9 Å². The Labute approximate surface area is 203 Å². The van der Waals surface area contributed by atoms with E-state index in [4.69, 9.17) is 37.9 Å². The second kappa shape index (κ2) is 20.6. The van der Waals surface area contributed by atoms with Gasteiger partial charge in [-0.2, -0.15) is 0 Å². The highest BCUT2D eigenvalue weighted by atomic mass is 16.6. The molecule has 0 spiro atoms. The first-order valence-electron chi connectivity index (χ1n) is 11.8. The third kappa shape index (κ3) is 20.8. The van der Waals surface area contributed by atoms with Crippen molar-refractivity contribution in [3.05, 3.63) is 30.3 Å². The lowest BCUT2D eigenvalue weighted by Gasteiger charge is -2.19. The highest BCUT2D eigenvalue weighted by molar-refractivity contribution is 5.69. The van der Waals surface area contributed by atoms with Crippen LogP contribution in [0.4, 0.5) is 0 Å². The lowest BCUT2D eigenvalue weighted by Crippen LogP contribution is -2.24. The minimum Gasteiger partial charge on any atom is -0.491 e. The monoisotopic (exact) mass is 486 g/mol. The molecule has 0 saturated carbocycles. The van der Waals surface area contributed by atoms with Crippen LogP contribution in [0.5, 0.6) is 5.75 Å². The summed E-state index contributed by atoms with van der Waals surface area (Å²) < 4.78 is 43.2. The van der Waals surface area contributed by atoms with Crippen LogP contribution in [0.1, 0.15) is 27.2 Å². The average molecular weight is 487 g/mol. The Balaban J connectivity index is 1.69. The fraction of sp³-hybridized carbons (Fsp3) is 0.720. The molecule has 9 heteroatoms. The van der Waals surface area contributed by atoms with Crippen molar-refractivity contribution in [2.45, 2.75) is 32.8 Å². The Bertz CT molecular complexity index is 590. The highest BCUT2D eigenvalue weighted by Gasteiger charge is 2.15. The largest absolute Gasteiger partial charge is 0.491 e. The van der Waals surface area contributed by atoms with Gasteiger partial charge in [0.2, 0.25) is 0 Å². The number of rotatable bonds is 22. The molecule has 0 aliphatic carbocycles. The predicted molar refractivity (Wildman–Crippen MR) is 127 cm³/mol. The molecular weight excluding hydrogens is 444 g/mol. The maximum atomic E-state index is 11.5. The molecule has 0 aromatic heterocycles. The van der Waals surface area contributed by atoms with E-state index in [2.05, 4.69) is 0 Å². The lowest BCUT2D eigenvalue weighted by molar-refractivity contribution is -0.156. The zero-order valence-corrected chi connectivity index (χ0v) is 21.0. The third-order valence-electron chi connectivity index (χ3n) is 3.97. The van der Waals surface area contributed by atoms with Gasteiger partial charge in [0.15, 0.2) is 0 Å². The molecule has 0 radical (unpaired) electrons. The summed E-state index contributed by atoms with van der Waals surface area (Å²) in [7, 11) is 0. The van der Waals surface area contributed by atoms with E-state index in [9.17, 15) is 4.79 Å². The van der Waals surface area contributed by atoms with E-state index >= 15 is 0 Å². The van der Waals surface area contributed by atoms with Gasteiger partial charge in [0, 0.05) is 0 Å². The molecule has 1 rings (SSSR count). The molecule has 0 bridgehead atoms. The Morgan fingerprint density at radius 2 is 0.971 bits per heavy atom. The van der Waals surface area contributed by atoms with Gasteiger partial charge >= 0.3 is 5.97 Å². The van der Waals surface area contributed by atoms with Gasteiger partial charge in [0.1, 0.15) is 18.0 Å². The first-order valence-corrected chi connectivity index (χ1v) is 11.8. The molecule has 0 N–H and O–H groups in total. The van der Waals surface area contributed by atoms with Crippen LogP contribution in [-0.4, -0.2) is 97.5 Å². The molecule has 0 heterocycles. The average Bonchev–Trinajstić information content (AvgIpc) is 2.79. The van der Waals surface area contributed by atoms with Crippen molar-refractivity contribution >= 4 is 5.97 Å². The van der Waals surface area contributed by atoms with Crippen LogP contribution in [0.15, 0.2) is 30.3 Å². The summed E-state index contributed by atoms with van der Waals surface area (Å²) in [5, 5.41) is 0. The normalized spacial score (nSPS) is 11.5. The maximum Gasteiger partial charge on any atom is 0.308 e. The SMILES string of the molecule is CC(C)(C)OC(=O)CCOCCOCCOCCOCCOCCOCCOc1ccccc1. The minimum absolute atomic E-state index is 0.240. The summed E-state index contributed by atoms with van der Waals surface area (Å²) >= 11 is 0. The topological polar surface area (TPSA) is 90.9 Å². The van der Waals surface area contributed by atoms with Crippen molar-refractivity contribution in [1.82, 2.24) is 0 Å². The molecule has 9 nitrogen and oxygen atoms in total. The summed E-state index contributed by atoms with van der Waals surface area (Å²) in [6.07, 6.45) is 0.240. The Morgan fingerprint density at radius 1 is 0.588 bits per heavy atom. The van der Waals surface area contributed by atoms with Gasteiger partial charge in [0.05, 0.1) is 85.7 Å². The molecule has 196 valence electrons. The smallest absolute Gasteiger partial charge is 0.308 e. The van der Waals surface area contributed by atoms with Crippen molar-refractivity contribution in [2.24, 2.45) is 0 Å². The number of benzene rings is 1. The van der Waals surface area contributed by atoms with Crippen LogP contribution >= 0.6 is 0 Å². The van der Waals surface area contributed by atoms with Crippen molar-refractivity contribution in [2.75, 3.05) is 85.9 Å². The molecule has 0 aliphatic heterocycles. The molecule has 34 heavy (non-hydrogen) atoms. The zero-order chi connectivity index (χ0) is 24.7. The summed E-state index contributed by atoms with van der Waals surface area (Å²) in [4.78, 5) is 11.5. The van der Waals surface area contributed by atoms with E-state index in [0.717, 1.165) is 5.75 Å². The summed E-state index contributed by atoms with van der Waals surface area (Å²) in [5.41, 5.74) is -0.465. The van der Waals surface area contributed by atoms with E-state index in [-0.39, 0.29) is 12.4 Å². The number of ether oxygens (including phenoxy) is 8. The fourth-order valence-corrected chi connectivity index (χ4v) is 2.48. The zero-order valence-electron chi connectivity index (χ0n) is 21.0. The van der Waals surface area contributed by atoms with Crippen molar-refractivity contribution < 1.29 is 42.7 Å². The third-order valence-corrected chi connectivity index (χ3v) is 3.97. The summed E-state index contributed by atoms with van der Waals surface area (Å²) in [6, 6.07) is 9.65. The Kier molecular flexibility index (Phi) is 18.4. The minimum atomic E-state index is -0.465. The summed E-state index contributed by atoms with van der Waals surface area (Å²) in [5.74, 6) is 0.583. The first kappa shape index (κ1) is 30.3. The van der Waals surface area contributed by atoms with Crippen LogP contribution < -0.4 is 4.74 Å². The van der Waals surface area contributed by atoms with Gasteiger partial charge in [-0.3, -0.25) is 4.79 Å². The van der Waals surface area contributed by atoms with Crippen LogP contribution in [0, 0.1) is 0 Å². The molecule has 1 aromatic carbocycles. The molecule has 0 saturated heterocycles. The Hall–Kier alpha value is -1.75. The van der Waals surface area contributed by atoms with Crippen LogP contribution in [0.3, 0.4) is 0 Å². The van der Waals surface area contributed by atoms with Crippen molar-refractivity contribution in [3.63, 3.8) is 0 Å². The van der Waals surface area contributed by atoms with Crippen LogP contribution in [0.2, 0.25) is 0 Å². The van der Waals surface area contributed by atoms with Crippen LogP contribution in [0.25, 0.3) is 0 Å². The van der Waals surface area contributed by atoms with Gasteiger partial charge in [-0.25, -0.2) is 0 Å². The first-order chi connectivity index (χ1) is 16.5. The fourth-order valence-electron chi connectivity index (χ4n) is 2.48. The number of carbonyl (C=O) groups is 1. The van der Waals surface area contributed by atoms with Gasteiger partial charge in [-0.1, -0.05) is 18.2 Å². The number of para-hydroxylation sites is 1. The molecule has 0 atom stereocenters. The van der Waals surface area contributed by atoms with E-state index < -0.39 is 5.60 Å². The number of esters is 1. The number of carbonyl (C=O) groups excluding carboxylic acids is 1.